The Labute approximate surface area is 89.3 Å². The van der Waals surface area contributed by atoms with Crippen LogP contribution in [0.3, 0.4) is 0 Å². The van der Waals surface area contributed by atoms with Crippen molar-refractivity contribution in [3.05, 3.63) is 23.8 Å². The number of benzene rings is 1. The summed E-state index contributed by atoms with van der Waals surface area (Å²) in [6.45, 7) is 2.50. The van der Waals surface area contributed by atoms with Crippen LogP contribution in [0, 0.1) is 6.92 Å². The maximum absolute atomic E-state index is 5.40. The van der Waals surface area contributed by atoms with Gasteiger partial charge in [-0.05, 0) is 24.6 Å². The molecule has 0 amide bonds. The second-order valence-corrected chi connectivity index (χ2v) is 3.55. The zero-order chi connectivity index (χ0) is 10.6. The molecule has 0 aliphatic rings. The number of ether oxygens (including phenoxy) is 1. The Bertz CT molecular complexity index is 339. The summed E-state index contributed by atoms with van der Waals surface area (Å²) in [7, 11) is 1.64. The Hall–Kier alpha value is -1.29. The van der Waals surface area contributed by atoms with Gasteiger partial charge >= 0.3 is 0 Å². The van der Waals surface area contributed by atoms with Gasteiger partial charge in [-0.15, -0.1) is 0 Å². The first kappa shape index (κ1) is 10.8. The molecule has 0 aromatic heterocycles. The normalized spacial score (nSPS) is 9.57. The molecule has 0 saturated carbocycles. The van der Waals surface area contributed by atoms with Crippen LogP contribution >= 0.6 is 12.2 Å². The van der Waals surface area contributed by atoms with E-state index in [1.165, 1.54) is 0 Å². The van der Waals surface area contributed by atoms with Crippen molar-refractivity contribution in [2.75, 3.05) is 19.0 Å². The van der Waals surface area contributed by atoms with E-state index in [-0.39, 0.29) is 0 Å². The van der Waals surface area contributed by atoms with E-state index < -0.39 is 0 Å². The topological polar surface area (TPSA) is 47.3 Å². The van der Waals surface area contributed by atoms with E-state index in [4.69, 9.17) is 22.7 Å². The Morgan fingerprint density at radius 3 is 2.86 bits per heavy atom. The van der Waals surface area contributed by atoms with E-state index >= 15 is 0 Å². The molecule has 0 heterocycles. The Morgan fingerprint density at radius 1 is 1.57 bits per heavy atom. The molecule has 14 heavy (non-hydrogen) atoms. The third-order valence-electron chi connectivity index (χ3n) is 1.81. The molecule has 1 aromatic carbocycles. The van der Waals surface area contributed by atoms with Gasteiger partial charge in [-0.3, -0.25) is 0 Å². The lowest BCUT2D eigenvalue weighted by Gasteiger charge is -2.11. The van der Waals surface area contributed by atoms with Gasteiger partial charge in [0.2, 0.25) is 0 Å². The van der Waals surface area contributed by atoms with E-state index in [1.54, 1.807) is 7.11 Å². The number of hydrogen-bond donors (Lipinski definition) is 2. The minimum absolute atomic E-state index is 0.438. The molecule has 0 radical (unpaired) electrons. The van der Waals surface area contributed by atoms with Crippen LogP contribution in [0.25, 0.3) is 0 Å². The average Bonchev–Trinajstić information content (AvgIpc) is 2.15. The highest BCUT2D eigenvalue weighted by Crippen LogP contribution is 2.24. The van der Waals surface area contributed by atoms with Crippen molar-refractivity contribution in [1.29, 1.82) is 0 Å². The highest BCUT2D eigenvalue weighted by Gasteiger charge is 2.01. The monoisotopic (exact) mass is 210 g/mol. The Kier molecular flexibility index (Phi) is 3.71. The number of thiocarbonyl (C=S) groups is 1. The van der Waals surface area contributed by atoms with Crippen molar-refractivity contribution in [2.45, 2.75) is 6.92 Å². The molecule has 1 rings (SSSR count). The van der Waals surface area contributed by atoms with Gasteiger partial charge < -0.3 is 15.8 Å². The second kappa shape index (κ2) is 4.81. The number of nitrogens with one attached hydrogen (secondary N) is 1. The van der Waals surface area contributed by atoms with Crippen LogP contribution in [0.2, 0.25) is 0 Å². The molecule has 76 valence electrons. The molecule has 0 saturated heterocycles. The maximum atomic E-state index is 5.40. The van der Waals surface area contributed by atoms with E-state index in [2.05, 4.69) is 5.32 Å². The van der Waals surface area contributed by atoms with Crippen LogP contribution in [0.1, 0.15) is 5.56 Å². The van der Waals surface area contributed by atoms with Crippen LogP contribution < -0.4 is 15.8 Å². The SMILES string of the molecule is COc1ccc(C)cc1NCC(N)=S. The Morgan fingerprint density at radius 2 is 2.29 bits per heavy atom. The first-order chi connectivity index (χ1) is 6.63. The van der Waals surface area contributed by atoms with Crippen molar-refractivity contribution in [3.8, 4) is 5.75 Å². The maximum Gasteiger partial charge on any atom is 0.141 e. The highest BCUT2D eigenvalue weighted by atomic mass is 32.1. The van der Waals surface area contributed by atoms with Crippen molar-refractivity contribution < 1.29 is 4.74 Å². The lowest BCUT2D eigenvalue weighted by molar-refractivity contribution is 0.416. The van der Waals surface area contributed by atoms with Crippen LogP contribution in [0.15, 0.2) is 18.2 Å². The van der Waals surface area contributed by atoms with Gasteiger partial charge in [0, 0.05) is 0 Å². The number of hydrogen-bond acceptors (Lipinski definition) is 3. The highest BCUT2D eigenvalue weighted by molar-refractivity contribution is 7.80. The van der Waals surface area contributed by atoms with Crippen molar-refractivity contribution in [2.24, 2.45) is 5.73 Å². The zero-order valence-corrected chi connectivity index (χ0v) is 9.15. The second-order valence-electron chi connectivity index (χ2n) is 3.02. The van der Waals surface area contributed by atoms with Crippen molar-refractivity contribution in [3.63, 3.8) is 0 Å². The summed E-state index contributed by atoms with van der Waals surface area (Å²) in [4.78, 5) is 0.438. The van der Waals surface area contributed by atoms with Crippen molar-refractivity contribution in [1.82, 2.24) is 0 Å². The molecule has 3 N–H and O–H groups in total. The fourth-order valence-electron chi connectivity index (χ4n) is 1.14. The van der Waals surface area contributed by atoms with Crippen molar-refractivity contribution >= 4 is 22.9 Å². The van der Waals surface area contributed by atoms with Crippen LogP contribution in [-0.4, -0.2) is 18.6 Å². The van der Waals surface area contributed by atoms with Gasteiger partial charge in [-0.1, -0.05) is 18.3 Å². The smallest absolute Gasteiger partial charge is 0.141 e. The van der Waals surface area contributed by atoms with Gasteiger partial charge in [0.25, 0.3) is 0 Å². The molecule has 0 spiro atoms. The molecule has 3 nitrogen and oxygen atoms in total. The third-order valence-corrected chi connectivity index (χ3v) is 1.95. The molecule has 1 aromatic rings. The summed E-state index contributed by atoms with van der Waals surface area (Å²) in [5, 5.41) is 3.11. The van der Waals surface area contributed by atoms with Crippen LogP contribution in [-0.2, 0) is 0 Å². The standard InChI is InChI=1S/C10H14N2OS/c1-7-3-4-9(13-2)8(5-7)12-6-10(11)14/h3-5,12H,6H2,1-2H3,(H2,11,14). The molecular formula is C10H14N2OS. The number of aryl methyl sites for hydroxylation is 1. The van der Waals surface area contributed by atoms with Crippen LogP contribution in [0.5, 0.6) is 5.75 Å². The van der Waals surface area contributed by atoms with E-state index in [0.29, 0.717) is 11.5 Å². The number of anilines is 1. The number of nitrogens with two attached hydrogens (primary N) is 1. The van der Waals surface area contributed by atoms with Gasteiger partial charge in [0.1, 0.15) is 5.75 Å². The molecule has 0 unspecified atom stereocenters. The first-order valence-electron chi connectivity index (χ1n) is 4.30. The molecule has 0 atom stereocenters. The third kappa shape index (κ3) is 2.88. The minimum Gasteiger partial charge on any atom is -0.495 e. The predicted octanol–water partition coefficient (Wildman–Crippen LogP) is 1.70. The number of rotatable bonds is 4. The summed E-state index contributed by atoms with van der Waals surface area (Å²) in [5.74, 6) is 0.798. The summed E-state index contributed by atoms with van der Waals surface area (Å²) in [6.07, 6.45) is 0. The van der Waals surface area contributed by atoms with Gasteiger partial charge in [0.15, 0.2) is 0 Å². The molecule has 4 heteroatoms. The lowest BCUT2D eigenvalue weighted by Crippen LogP contribution is -2.20. The van der Waals surface area contributed by atoms with Crippen LogP contribution in [0.4, 0.5) is 5.69 Å². The van der Waals surface area contributed by atoms with Gasteiger partial charge in [0.05, 0.1) is 24.3 Å². The summed E-state index contributed by atoms with van der Waals surface area (Å²) in [5.41, 5.74) is 7.48. The van der Waals surface area contributed by atoms with Gasteiger partial charge in [-0.25, -0.2) is 0 Å². The number of methoxy groups -OCH3 is 1. The molecule has 0 fully saturated rings. The zero-order valence-electron chi connectivity index (χ0n) is 8.33. The summed E-state index contributed by atoms with van der Waals surface area (Å²) < 4.78 is 5.19. The lowest BCUT2D eigenvalue weighted by atomic mass is 10.2. The van der Waals surface area contributed by atoms with E-state index in [1.807, 2.05) is 25.1 Å². The Balaban J connectivity index is 2.82. The predicted molar refractivity (Wildman–Crippen MR) is 63.0 cm³/mol. The fraction of sp³-hybridized carbons (Fsp3) is 0.300. The average molecular weight is 210 g/mol. The molecule has 0 aliphatic heterocycles. The molecular weight excluding hydrogens is 196 g/mol. The van der Waals surface area contributed by atoms with E-state index in [9.17, 15) is 0 Å². The fourth-order valence-corrected chi connectivity index (χ4v) is 1.21. The first-order valence-corrected chi connectivity index (χ1v) is 4.71. The molecule has 0 bridgehead atoms. The summed E-state index contributed by atoms with van der Waals surface area (Å²) >= 11 is 4.78. The minimum atomic E-state index is 0.438. The largest absolute Gasteiger partial charge is 0.495 e. The van der Waals surface area contributed by atoms with Gasteiger partial charge in [-0.2, -0.15) is 0 Å². The summed E-state index contributed by atoms with van der Waals surface area (Å²) in [6, 6.07) is 5.90. The quantitative estimate of drug-likeness (QED) is 0.743. The van der Waals surface area contributed by atoms with E-state index in [0.717, 1.165) is 17.0 Å². The molecule has 0 aliphatic carbocycles.